The lowest BCUT2D eigenvalue weighted by Gasteiger charge is -2.25. The van der Waals surface area contributed by atoms with Crippen LogP contribution in [0.25, 0.3) is 0 Å². The molecule has 1 aromatic carbocycles. The third-order valence-corrected chi connectivity index (χ3v) is 4.12. The van der Waals surface area contributed by atoms with Crippen molar-refractivity contribution in [3.8, 4) is 5.75 Å². The average Bonchev–Trinajstić information content (AvgIpc) is 2.76. The lowest BCUT2D eigenvalue weighted by Crippen LogP contribution is -2.38. The topological polar surface area (TPSA) is 64.3 Å². The Balaban J connectivity index is 1.71. The number of ether oxygens (including phenoxy) is 1. The summed E-state index contributed by atoms with van der Waals surface area (Å²) in [5, 5.41) is 2.97. The summed E-state index contributed by atoms with van der Waals surface area (Å²) in [6.07, 6.45) is 3.28. The van der Waals surface area contributed by atoms with Crippen molar-refractivity contribution in [3.05, 3.63) is 24.3 Å². The monoisotopic (exact) mass is 276 g/mol. The lowest BCUT2D eigenvalue weighted by atomic mass is 9.81. The van der Waals surface area contributed by atoms with Crippen LogP contribution >= 0.6 is 0 Å². The summed E-state index contributed by atoms with van der Waals surface area (Å²) < 4.78 is 5.56. The molecule has 0 radical (unpaired) electrons. The largest absolute Gasteiger partial charge is 0.492 e. The summed E-state index contributed by atoms with van der Waals surface area (Å²) in [6.45, 7) is 5.36. The molecule has 4 nitrogen and oxygen atoms in total. The number of carbonyl (C=O) groups excluding carboxylic acids is 1. The van der Waals surface area contributed by atoms with Crippen molar-refractivity contribution in [2.75, 3.05) is 18.9 Å². The van der Waals surface area contributed by atoms with Crippen LogP contribution in [0, 0.1) is 11.3 Å². The van der Waals surface area contributed by atoms with Gasteiger partial charge in [-0.05, 0) is 42.5 Å². The van der Waals surface area contributed by atoms with Gasteiger partial charge >= 0.3 is 0 Å². The van der Waals surface area contributed by atoms with Gasteiger partial charge in [0.15, 0.2) is 0 Å². The first-order valence-corrected chi connectivity index (χ1v) is 7.25. The van der Waals surface area contributed by atoms with Gasteiger partial charge in [-0.15, -0.1) is 0 Å². The van der Waals surface area contributed by atoms with E-state index in [1.54, 1.807) is 12.1 Å². The maximum absolute atomic E-state index is 12.1. The maximum atomic E-state index is 12.1. The van der Waals surface area contributed by atoms with Crippen LogP contribution in [-0.2, 0) is 4.79 Å². The molecule has 3 N–H and O–H groups in total. The highest BCUT2D eigenvalue weighted by Crippen LogP contribution is 2.42. The van der Waals surface area contributed by atoms with Gasteiger partial charge in [-0.3, -0.25) is 4.79 Å². The first-order chi connectivity index (χ1) is 9.49. The van der Waals surface area contributed by atoms with E-state index in [1.807, 2.05) is 12.1 Å². The first kappa shape index (κ1) is 14.7. The molecule has 20 heavy (non-hydrogen) atoms. The van der Waals surface area contributed by atoms with Crippen molar-refractivity contribution in [2.24, 2.45) is 11.3 Å². The van der Waals surface area contributed by atoms with Crippen molar-refractivity contribution < 1.29 is 9.53 Å². The van der Waals surface area contributed by atoms with E-state index in [0.717, 1.165) is 25.0 Å². The third kappa shape index (κ3) is 3.65. The van der Waals surface area contributed by atoms with Gasteiger partial charge in [0.25, 0.3) is 0 Å². The van der Waals surface area contributed by atoms with Gasteiger partial charge in [-0.2, -0.15) is 0 Å². The van der Waals surface area contributed by atoms with E-state index in [-0.39, 0.29) is 17.2 Å². The van der Waals surface area contributed by atoms with E-state index < -0.39 is 0 Å². The normalized spacial score (nSPS) is 20.6. The molecule has 0 bridgehead atoms. The van der Waals surface area contributed by atoms with E-state index in [1.165, 1.54) is 0 Å². The second kappa shape index (κ2) is 6.16. The molecular formula is C16H24N2O2. The fourth-order valence-electron chi connectivity index (χ4n) is 2.84. The van der Waals surface area contributed by atoms with Gasteiger partial charge in [0, 0.05) is 11.6 Å². The molecule has 1 unspecified atom stereocenters. The SMILES string of the molecule is CC1(C)CCCC1C(=O)NCCOc1ccc(N)cc1. The Morgan fingerprint density at radius 2 is 2.10 bits per heavy atom. The zero-order valence-corrected chi connectivity index (χ0v) is 12.3. The van der Waals surface area contributed by atoms with Crippen LogP contribution in [0.3, 0.4) is 0 Å². The van der Waals surface area contributed by atoms with Crippen LogP contribution in [0.1, 0.15) is 33.1 Å². The Morgan fingerprint density at radius 3 is 2.70 bits per heavy atom. The standard InChI is InChI=1S/C16H24N2O2/c1-16(2)9-3-4-14(16)15(19)18-10-11-20-13-7-5-12(17)6-8-13/h5-8,14H,3-4,9-11,17H2,1-2H3,(H,18,19). The number of anilines is 1. The number of benzene rings is 1. The highest BCUT2D eigenvalue weighted by molar-refractivity contribution is 5.79. The van der Waals surface area contributed by atoms with Crippen LogP contribution in [-0.4, -0.2) is 19.1 Å². The fourth-order valence-corrected chi connectivity index (χ4v) is 2.84. The van der Waals surface area contributed by atoms with E-state index >= 15 is 0 Å². The number of nitrogens with two attached hydrogens (primary N) is 1. The van der Waals surface area contributed by atoms with E-state index in [2.05, 4.69) is 19.2 Å². The van der Waals surface area contributed by atoms with Gasteiger partial charge in [0.05, 0.1) is 6.54 Å². The smallest absolute Gasteiger partial charge is 0.223 e. The molecule has 1 aliphatic carbocycles. The summed E-state index contributed by atoms with van der Waals surface area (Å²) in [7, 11) is 0. The van der Waals surface area contributed by atoms with Crippen LogP contribution in [0.2, 0.25) is 0 Å². The van der Waals surface area contributed by atoms with Gasteiger partial charge in [0.1, 0.15) is 12.4 Å². The van der Waals surface area contributed by atoms with Crippen molar-refractivity contribution >= 4 is 11.6 Å². The van der Waals surface area contributed by atoms with Crippen LogP contribution in [0.15, 0.2) is 24.3 Å². The molecule has 0 spiro atoms. The molecule has 0 heterocycles. The predicted octanol–water partition coefficient (Wildman–Crippen LogP) is 2.59. The fraction of sp³-hybridized carbons (Fsp3) is 0.562. The summed E-state index contributed by atoms with van der Waals surface area (Å²) >= 11 is 0. The van der Waals surface area contributed by atoms with Gasteiger partial charge < -0.3 is 15.8 Å². The Morgan fingerprint density at radius 1 is 1.40 bits per heavy atom. The summed E-state index contributed by atoms with van der Waals surface area (Å²) in [6, 6.07) is 7.26. The first-order valence-electron chi connectivity index (χ1n) is 7.25. The molecular weight excluding hydrogens is 252 g/mol. The van der Waals surface area contributed by atoms with Crippen molar-refractivity contribution in [1.29, 1.82) is 0 Å². The molecule has 1 aromatic rings. The summed E-state index contributed by atoms with van der Waals surface area (Å²) in [5.41, 5.74) is 6.45. The van der Waals surface area contributed by atoms with Crippen molar-refractivity contribution in [1.82, 2.24) is 5.32 Å². The minimum absolute atomic E-state index is 0.127. The molecule has 110 valence electrons. The minimum atomic E-state index is 0.127. The molecule has 1 atom stereocenters. The molecule has 1 aliphatic rings. The summed E-state index contributed by atoms with van der Waals surface area (Å²) in [5.74, 6) is 1.07. The molecule has 0 aliphatic heterocycles. The second-order valence-corrected chi connectivity index (χ2v) is 6.14. The molecule has 1 saturated carbocycles. The molecule has 2 rings (SSSR count). The highest BCUT2D eigenvalue weighted by atomic mass is 16.5. The molecule has 0 aromatic heterocycles. The number of amides is 1. The van der Waals surface area contributed by atoms with E-state index in [9.17, 15) is 4.79 Å². The van der Waals surface area contributed by atoms with Crippen LogP contribution in [0.5, 0.6) is 5.75 Å². The Hall–Kier alpha value is -1.71. The number of hydrogen-bond acceptors (Lipinski definition) is 3. The Kier molecular flexibility index (Phi) is 4.53. The quantitative estimate of drug-likeness (QED) is 0.642. The van der Waals surface area contributed by atoms with Crippen molar-refractivity contribution in [2.45, 2.75) is 33.1 Å². The molecule has 0 saturated heterocycles. The van der Waals surface area contributed by atoms with Crippen LogP contribution in [0.4, 0.5) is 5.69 Å². The molecule has 4 heteroatoms. The van der Waals surface area contributed by atoms with Gasteiger partial charge in [0.2, 0.25) is 5.91 Å². The number of hydrogen-bond donors (Lipinski definition) is 2. The summed E-state index contributed by atoms with van der Waals surface area (Å²) in [4.78, 5) is 12.1. The Labute approximate surface area is 120 Å². The number of nitrogens with one attached hydrogen (secondary N) is 1. The maximum Gasteiger partial charge on any atom is 0.223 e. The number of rotatable bonds is 5. The highest BCUT2D eigenvalue weighted by Gasteiger charge is 2.38. The van der Waals surface area contributed by atoms with Gasteiger partial charge in [-0.1, -0.05) is 20.3 Å². The third-order valence-electron chi connectivity index (χ3n) is 4.12. The molecule has 1 amide bonds. The average molecular weight is 276 g/mol. The zero-order valence-electron chi connectivity index (χ0n) is 12.3. The van der Waals surface area contributed by atoms with E-state index in [0.29, 0.717) is 18.8 Å². The second-order valence-electron chi connectivity index (χ2n) is 6.14. The van der Waals surface area contributed by atoms with Crippen LogP contribution < -0.4 is 15.8 Å². The minimum Gasteiger partial charge on any atom is -0.492 e. The predicted molar refractivity (Wildman–Crippen MR) is 80.5 cm³/mol. The molecule has 1 fully saturated rings. The van der Waals surface area contributed by atoms with E-state index in [4.69, 9.17) is 10.5 Å². The zero-order chi connectivity index (χ0) is 14.6. The van der Waals surface area contributed by atoms with Gasteiger partial charge in [-0.25, -0.2) is 0 Å². The lowest BCUT2D eigenvalue weighted by molar-refractivity contribution is -0.127. The van der Waals surface area contributed by atoms with Crippen molar-refractivity contribution in [3.63, 3.8) is 0 Å². The number of nitrogen functional groups attached to an aromatic ring is 1. The number of carbonyl (C=O) groups is 1. The Bertz CT molecular complexity index is 454.